The van der Waals surface area contributed by atoms with Gasteiger partial charge >= 0.3 is 0 Å². The normalized spacial score (nSPS) is 11.3. The number of hydrogen-bond donors (Lipinski definition) is 1. The lowest BCUT2D eigenvalue weighted by atomic mass is 10.2. The molecule has 2 aromatic heterocycles. The Morgan fingerprint density at radius 3 is 2.59 bits per heavy atom. The molecule has 0 aliphatic rings. The Labute approximate surface area is 98.9 Å². The number of aromatic amines is 1. The smallest absolute Gasteiger partial charge is 0.131 e. The molecule has 0 atom stereocenters. The predicted molar refractivity (Wildman–Crippen MR) is 69.3 cm³/mol. The highest BCUT2D eigenvalue weighted by atomic mass is 14.9. The van der Waals surface area contributed by atoms with Crippen molar-refractivity contribution in [2.45, 2.75) is 0 Å². The maximum Gasteiger partial charge on any atom is 0.131 e. The topological polar surface area (TPSA) is 41.6 Å². The summed E-state index contributed by atoms with van der Waals surface area (Å²) in [4.78, 5) is 11.7. The van der Waals surface area contributed by atoms with Gasteiger partial charge in [0.15, 0.2) is 0 Å². The molecule has 1 aromatic carbocycles. The molecule has 3 rings (SSSR count). The van der Waals surface area contributed by atoms with Gasteiger partial charge in [-0.15, -0.1) is 0 Å². The van der Waals surface area contributed by atoms with Gasteiger partial charge in [0, 0.05) is 12.4 Å². The summed E-state index contributed by atoms with van der Waals surface area (Å²) < 4.78 is 0. The van der Waals surface area contributed by atoms with Crippen LogP contribution in [0.25, 0.3) is 23.2 Å². The maximum atomic E-state index is 4.47. The Morgan fingerprint density at radius 2 is 1.76 bits per heavy atom. The molecule has 1 N–H and O–H groups in total. The van der Waals surface area contributed by atoms with Crippen LogP contribution in [0.1, 0.15) is 11.4 Å². The average Bonchev–Trinajstić information content (AvgIpc) is 2.80. The van der Waals surface area contributed by atoms with E-state index in [1.54, 1.807) is 12.4 Å². The lowest BCUT2D eigenvalue weighted by molar-refractivity contribution is 1.29. The number of pyridine rings is 1. The largest absolute Gasteiger partial charge is 0.338 e. The quantitative estimate of drug-likeness (QED) is 0.722. The van der Waals surface area contributed by atoms with Crippen molar-refractivity contribution in [3.8, 4) is 0 Å². The van der Waals surface area contributed by atoms with Gasteiger partial charge in [-0.2, -0.15) is 0 Å². The van der Waals surface area contributed by atoms with Crippen LogP contribution >= 0.6 is 0 Å². The summed E-state index contributed by atoms with van der Waals surface area (Å²) in [6.45, 7) is 0. The molecule has 2 heterocycles. The molecule has 0 amide bonds. The van der Waals surface area contributed by atoms with Crippen molar-refractivity contribution in [2.75, 3.05) is 0 Å². The fraction of sp³-hybridized carbons (Fsp3) is 0. The van der Waals surface area contributed by atoms with Crippen LogP contribution in [-0.2, 0) is 0 Å². The first-order valence-corrected chi connectivity index (χ1v) is 5.45. The number of aromatic nitrogens is 3. The van der Waals surface area contributed by atoms with E-state index in [9.17, 15) is 0 Å². The number of nitrogens with one attached hydrogen (secondary N) is 1. The number of H-pyrrole nitrogens is 1. The Morgan fingerprint density at radius 1 is 0.941 bits per heavy atom. The second kappa shape index (κ2) is 4.22. The maximum absolute atomic E-state index is 4.47. The van der Waals surface area contributed by atoms with Crippen LogP contribution < -0.4 is 0 Å². The molecule has 17 heavy (non-hydrogen) atoms. The Balaban J connectivity index is 1.92. The van der Waals surface area contributed by atoms with E-state index in [2.05, 4.69) is 15.0 Å². The molecule has 82 valence electrons. The average molecular weight is 221 g/mol. The Bertz CT molecular complexity index is 620. The summed E-state index contributed by atoms with van der Waals surface area (Å²) in [5.41, 5.74) is 3.16. The highest BCUT2D eigenvalue weighted by molar-refractivity contribution is 5.78. The van der Waals surface area contributed by atoms with Gasteiger partial charge in [0.2, 0.25) is 0 Å². The molecular weight excluding hydrogens is 210 g/mol. The zero-order chi connectivity index (χ0) is 11.5. The zero-order valence-electron chi connectivity index (χ0n) is 9.17. The molecule has 3 aromatic rings. The highest BCUT2D eigenvalue weighted by Crippen LogP contribution is 2.12. The summed E-state index contributed by atoms with van der Waals surface area (Å²) in [5, 5.41) is 0. The van der Waals surface area contributed by atoms with Crippen molar-refractivity contribution in [3.63, 3.8) is 0 Å². The van der Waals surface area contributed by atoms with Crippen LogP contribution in [0.2, 0.25) is 0 Å². The third-order valence-corrected chi connectivity index (χ3v) is 2.55. The first kappa shape index (κ1) is 9.78. The molecule has 0 unspecified atom stereocenters. The molecule has 0 aliphatic carbocycles. The third-order valence-electron chi connectivity index (χ3n) is 2.55. The minimum Gasteiger partial charge on any atom is -0.338 e. The van der Waals surface area contributed by atoms with E-state index in [0.717, 1.165) is 22.4 Å². The van der Waals surface area contributed by atoms with E-state index in [4.69, 9.17) is 0 Å². The highest BCUT2D eigenvalue weighted by Gasteiger charge is 1.97. The van der Waals surface area contributed by atoms with E-state index in [0.29, 0.717) is 0 Å². The number of imidazole rings is 1. The molecular formula is C14H11N3. The second-order valence-corrected chi connectivity index (χ2v) is 3.75. The van der Waals surface area contributed by atoms with Gasteiger partial charge in [-0.1, -0.05) is 18.2 Å². The van der Waals surface area contributed by atoms with Crippen molar-refractivity contribution >= 4 is 23.2 Å². The van der Waals surface area contributed by atoms with Crippen molar-refractivity contribution in [2.24, 2.45) is 0 Å². The van der Waals surface area contributed by atoms with Crippen LogP contribution in [0, 0.1) is 0 Å². The monoisotopic (exact) mass is 221 g/mol. The van der Waals surface area contributed by atoms with Gasteiger partial charge < -0.3 is 4.98 Å². The number of nitrogens with zero attached hydrogens (tertiary/aromatic N) is 2. The first-order chi connectivity index (χ1) is 8.42. The number of fused-ring (bicyclic) bond motifs is 1. The van der Waals surface area contributed by atoms with E-state index in [-0.39, 0.29) is 0 Å². The van der Waals surface area contributed by atoms with E-state index in [1.165, 1.54) is 0 Å². The lowest BCUT2D eigenvalue weighted by Gasteiger charge is -1.89. The third kappa shape index (κ3) is 2.08. The van der Waals surface area contributed by atoms with Crippen LogP contribution in [0.3, 0.4) is 0 Å². The number of hydrogen-bond acceptors (Lipinski definition) is 2. The zero-order valence-corrected chi connectivity index (χ0v) is 9.17. The standard InChI is InChI=1S/C14H11N3/c1-2-4-13-12(3-1)16-14(17-13)6-5-11-7-9-15-10-8-11/h1-10H,(H,16,17). The summed E-state index contributed by atoms with van der Waals surface area (Å²) in [7, 11) is 0. The van der Waals surface area contributed by atoms with E-state index in [1.807, 2.05) is 48.6 Å². The van der Waals surface area contributed by atoms with Crippen molar-refractivity contribution in [1.29, 1.82) is 0 Å². The van der Waals surface area contributed by atoms with Gasteiger partial charge in [-0.25, -0.2) is 4.98 Å². The molecule has 0 radical (unpaired) electrons. The second-order valence-electron chi connectivity index (χ2n) is 3.75. The summed E-state index contributed by atoms with van der Waals surface area (Å²) in [5.74, 6) is 0.864. The van der Waals surface area contributed by atoms with Crippen molar-refractivity contribution in [3.05, 3.63) is 60.2 Å². The number of benzene rings is 1. The molecule has 0 fully saturated rings. The molecule has 0 spiro atoms. The summed E-state index contributed by atoms with van der Waals surface area (Å²) >= 11 is 0. The molecule has 0 aliphatic heterocycles. The van der Waals surface area contributed by atoms with Gasteiger partial charge in [-0.3, -0.25) is 4.98 Å². The SMILES string of the molecule is C(=Cc1nc2ccccc2[nH]1)c1ccncc1. The Kier molecular flexibility index (Phi) is 2.43. The van der Waals surface area contributed by atoms with Crippen LogP contribution in [-0.4, -0.2) is 15.0 Å². The molecule has 0 bridgehead atoms. The molecule has 3 nitrogen and oxygen atoms in total. The molecule has 0 saturated heterocycles. The van der Waals surface area contributed by atoms with Gasteiger partial charge in [0.25, 0.3) is 0 Å². The molecule has 3 heteroatoms. The predicted octanol–water partition coefficient (Wildman–Crippen LogP) is 3.13. The van der Waals surface area contributed by atoms with Crippen LogP contribution in [0.5, 0.6) is 0 Å². The van der Waals surface area contributed by atoms with Crippen LogP contribution in [0.15, 0.2) is 48.8 Å². The minimum atomic E-state index is 0.864. The van der Waals surface area contributed by atoms with Crippen molar-refractivity contribution in [1.82, 2.24) is 15.0 Å². The minimum absolute atomic E-state index is 0.864. The fourth-order valence-electron chi connectivity index (χ4n) is 1.70. The first-order valence-electron chi connectivity index (χ1n) is 5.45. The molecule has 0 saturated carbocycles. The van der Waals surface area contributed by atoms with E-state index < -0.39 is 0 Å². The summed E-state index contributed by atoms with van der Waals surface area (Å²) in [6.07, 6.45) is 7.53. The van der Waals surface area contributed by atoms with E-state index >= 15 is 0 Å². The number of rotatable bonds is 2. The van der Waals surface area contributed by atoms with Gasteiger partial charge in [0.1, 0.15) is 5.82 Å². The van der Waals surface area contributed by atoms with Gasteiger partial charge in [-0.05, 0) is 35.9 Å². The lowest BCUT2D eigenvalue weighted by Crippen LogP contribution is -1.75. The van der Waals surface area contributed by atoms with Crippen LogP contribution in [0.4, 0.5) is 0 Å². The fourth-order valence-corrected chi connectivity index (χ4v) is 1.70. The summed E-state index contributed by atoms with van der Waals surface area (Å²) in [6, 6.07) is 11.9. The number of para-hydroxylation sites is 2. The Hall–Kier alpha value is -2.42. The van der Waals surface area contributed by atoms with Gasteiger partial charge in [0.05, 0.1) is 11.0 Å². The van der Waals surface area contributed by atoms with Crippen molar-refractivity contribution < 1.29 is 0 Å².